The Kier molecular flexibility index (Phi) is 4.17. The molecule has 110 valence electrons. The Morgan fingerprint density at radius 3 is 2.82 bits per heavy atom. The number of carbonyl (C=O) groups is 1. The Hall–Kier alpha value is -2.25. The van der Waals surface area contributed by atoms with Gasteiger partial charge in [0, 0.05) is 6.54 Å². The first-order chi connectivity index (χ1) is 10.7. The van der Waals surface area contributed by atoms with Crippen LogP contribution >= 0.6 is 24.0 Å². The number of nitrogens with zero attached hydrogens (tertiary/aromatic N) is 4. The van der Waals surface area contributed by atoms with Gasteiger partial charge in [-0.15, -0.1) is 11.7 Å². The molecule has 0 saturated carbocycles. The molecule has 0 aliphatic carbocycles. The monoisotopic (exact) mass is 328 g/mol. The fourth-order valence-electron chi connectivity index (χ4n) is 1.95. The summed E-state index contributed by atoms with van der Waals surface area (Å²) in [6.07, 6.45) is 4.97. The van der Waals surface area contributed by atoms with Crippen molar-refractivity contribution in [3.8, 4) is 5.69 Å². The van der Waals surface area contributed by atoms with Crippen LogP contribution in [0.4, 0.5) is 0 Å². The first-order valence-corrected chi connectivity index (χ1v) is 7.75. The molecule has 1 amide bonds. The largest absolute Gasteiger partial charge is 0.289 e. The highest BCUT2D eigenvalue weighted by Gasteiger charge is 2.31. The van der Waals surface area contributed by atoms with Crippen molar-refractivity contribution in [3.05, 3.63) is 59.8 Å². The van der Waals surface area contributed by atoms with Crippen LogP contribution in [-0.4, -0.2) is 36.7 Å². The van der Waals surface area contributed by atoms with Crippen LogP contribution in [0.15, 0.2) is 54.1 Å². The summed E-state index contributed by atoms with van der Waals surface area (Å²) in [6, 6.07) is 9.58. The molecule has 0 bridgehead atoms. The molecular weight excluding hydrogens is 316 g/mol. The maximum Gasteiger partial charge on any atom is 0.266 e. The topological polar surface area (TPSA) is 51.0 Å². The average Bonchev–Trinajstić information content (AvgIpc) is 3.09. The molecule has 7 heteroatoms. The van der Waals surface area contributed by atoms with E-state index in [1.54, 1.807) is 18.3 Å². The molecule has 1 aliphatic heterocycles. The van der Waals surface area contributed by atoms with E-state index in [0.29, 0.717) is 21.5 Å². The van der Waals surface area contributed by atoms with E-state index in [9.17, 15) is 4.79 Å². The molecule has 5 nitrogen and oxygen atoms in total. The molecule has 1 aromatic heterocycles. The van der Waals surface area contributed by atoms with Crippen LogP contribution in [-0.2, 0) is 4.79 Å². The van der Waals surface area contributed by atoms with Crippen molar-refractivity contribution < 1.29 is 4.79 Å². The molecule has 2 aromatic rings. The quantitative estimate of drug-likeness (QED) is 0.491. The average molecular weight is 328 g/mol. The van der Waals surface area contributed by atoms with Gasteiger partial charge < -0.3 is 0 Å². The summed E-state index contributed by atoms with van der Waals surface area (Å²) in [7, 11) is 0. The van der Waals surface area contributed by atoms with Gasteiger partial charge in [-0.05, 0) is 18.2 Å². The Morgan fingerprint density at radius 1 is 1.32 bits per heavy atom. The Labute approximate surface area is 137 Å². The molecule has 1 saturated heterocycles. The van der Waals surface area contributed by atoms with Gasteiger partial charge in [-0.1, -0.05) is 48.3 Å². The molecule has 1 aliphatic rings. The van der Waals surface area contributed by atoms with Crippen LogP contribution in [0.2, 0.25) is 0 Å². The van der Waals surface area contributed by atoms with Crippen molar-refractivity contribution in [2.75, 3.05) is 6.54 Å². The minimum absolute atomic E-state index is 0.121. The fourth-order valence-corrected chi connectivity index (χ4v) is 3.21. The number of aromatic nitrogens is 3. The summed E-state index contributed by atoms with van der Waals surface area (Å²) < 4.78 is 0.534. The van der Waals surface area contributed by atoms with E-state index >= 15 is 0 Å². The predicted molar refractivity (Wildman–Crippen MR) is 91.4 cm³/mol. The van der Waals surface area contributed by atoms with Crippen molar-refractivity contribution in [1.29, 1.82) is 0 Å². The van der Waals surface area contributed by atoms with Crippen LogP contribution in [0.5, 0.6) is 0 Å². The lowest BCUT2D eigenvalue weighted by Gasteiger charge is -2.10. The zero-order valence-electron chi connectivity index (χ0n) is 11.5. The normalized spacial score (nSPS) is 16.5. The van der Waals surface area contributed by atoms with Gasteiger partial charge in [-0.25, -0.2) is 0 Å². The first kappa shape index (κ1) is 14.7. The summed E-state index contributed by atoms with van der Waals surface area (Å²) in [5.74, 6) is -0.121. The third-order valence-electron chi connectivity index (χ3n) is 2.96. The molecule has 0 N–H and O–H groups in total. The standard InChI is InChI=1S/C15H12N4OS2/c1-2-8-18-14(20)13(22-15(18)21)9-11-10-16-19(17-11)12-6-4-3-5-7-12/h2-7,9-10H,1,8H2/b13-9+. The lowest BCUT2D eigenvalue weighted by atomic mass is 10.3. The van der Waals surface area contributed by atoms with Crippen molar-refractivity contribution in [3.63, 3.8) is 0 Å². The summed E-state index contributed by atoms with van der Waals surface area (Å²) in [6.45, 7) is 4.05. The molecule has 1 aromatic carbocycles. The van der Waals surface area contributed by atoms with Crippen molar-refractivity contribution in [2.24, 2.45) is 0 Å². The smallest absolute Gasteiger partial charge is 0.266 e. The van der Waals surface area contributed by atoms with Gasteiger partial charge >= 0.3 is 0 Å². The maximum atomic E-state index is 12.2. The minimum Gasteiger partial charge on any atom is -0.289 e. The molecule has 1 fully saturated rings. The molecular formula is C15H12N4OS2. The van der Waals surface area contributed by atoms with Crippen molar-refractivity contribution in [1.82, 2.24) is 19.9 Å². The summed E-state index contributed by atoms with van der Waals surface area (Å²) in [4.78, 5) is 15.8. The van der Waals surface area contributed by atoms with Crippen LogP contribution < -0.4 is 0 Å². The molecule has 0 radical (unpaired) electrons. The van der Waals surface area contributed by atoms with Crippen molar-refractivity contribution >= 4 is 40.3 Å². The lowest BCUT2D eigenvalue weighted by molar-refractivity contribution is -0.121. The second-order valence-electron chi connectivity index (χ2n) is 4.48. The van der Waals surface area contributed by atoms with E-state index in [0.717, 1.165) is 5.69 Å². The van der Waals surface area contributed by atoms with Crippen LogP contribution in [0.3, 0.4) is 0 Å². The van der Waals surface area contributed by atoms with Gasteiger partial charge in [-0.2, -0.15) is 9.90 Å². The number of benzene rings is 1. The Bertz CT molecular complexity index is 767. The third kappa shape index (κ3) is 2.86. The number of thioether (sulfide) groups is 1. The number of hydrogen-bond donors (Lipinski definition) is 0. The Balaban J connectivity index is 1.85. The van der Waals surface area contributed by atoms with Crippen LogP contribution in [0.25, 0.3) is 11.8 Å². The third-order valence-corrected chi connectivity index (χ3v) is 4.34. The second kappa shape index (κ2) is 6.25. The van der Waals surface area contributed by atoms with E-state index in [1.165, 1.54) is 21.5 Å². The van der Waals surface area contributed by atoms with E-state index < -0.39 is 0 Å². The van der Waals surface area contributed by atoms with Crippen LogP contribution in [0.1, 0.15) is 5.69 Å². The van der Waals surface area contributed by atoms with Gasteiger partial charge in [0.1, 0.15) is 10.0 Å². The predicted octanol–water partition coefficient (Wildman–Crippen LogP) is 2.65. The van der Waals surface area contributed by atoms with E-state index in [4.69, 9.17) is 12.2 Å². The molecule has 0 atom stereocenters. The highest BCUT2D eigenvalue weighted by molar-refractivity contribution is 8.26. The number of para-hydroxylation sites is 1. The zero-order chi connectivity index (χ0) is 15.5. The van der Waals surface area contributed by atoms with E-state index in [2.05, 4.69) is 16.8 Å². The first-order valence-electron chi connectivity index (χ1n) is 6.53. The molecule has 0 spiro atoms. The van der Waals surface area contributed by atoms with Gasteiger partial charge in [-0.3, -0.25) is 9.69 Å². The van der Waals surface area contributed by atoms with Gasteiger partial charge in [0.2, 0.25) is 0 Å². The SMILES string of the molecule is C=CCN1C(=O)/C(=C\c2cnn(-c3ccccc3)n2)SC1=S. The highest BCUT2D eigenvalue weighted by atomic mass is 32.2. The lowest BCUT2D eigenvalue weighted by Crippen LogP contribution is -2.27. The fraction of sp³-hybridized carbons (Fsp3) is 0.0667. The summed E-state index contributed by atoms with van der Waals surface area (Å²) in [5, 5.41) is 8.56. The highest BCUT2D eigenvalue weighted by Crippen LogP contribution is 2.31. The molecule has 22 heavy (non-hydrogen) atoms. The number of rotatable bonds is 4. The van der Waals surface area contributed by atoms with Gasteiger partial charge in [0.05, 0.1) is 16.8 Å². The van der Waals surface area contributed by atoms with Gasteiger partial charge in [0.25, 0.3) is 5.91 Å². The maximum absolute atomic E-state index is 12.2. The summed E-state index contributed by atoms with van der Waals surface area (Å²) >= 11 is 6.46. The molecule has 3 rings (SSSR count). The summed E-state index contributed by atoms with van der Waals surface area (Å²) in [5.41, 5.74) is 1.48. The number of amides is 1. The van der Waals surface area contributed by atoms with E-state index in [-0.39, 0.29) is 5.91 Å². The number of carbonyl (C=O) groups excluding carboxylic acids is 1. The van der Waals surface area contributed by atoms with E-state index in [1.807, 2.05) is 30.3 Å². The van der Waals surface area contributed by atoms with Crippen LogP contribution in [0, 0.1) is 0 Å². The zero-order valence-corrected chi connectivity index (χ0v) is 13.2. The minimum atomic E-state index is -0.121. The molecule has 2 heterocycles. The number of thiocarbonyl (C=S) groups is 1. The Morgan fingerprint density at radius 2 is 2.09 bits per heavy atom. The molecule has 0 unspecified atom stereocenters. The van der Waals surface area contributed by atoms with Crippen molar-refractivity contribution in [2.45, 2.75) is 0 Å². The van der Waals surface area contributed by atoms with Gasteiger partial charge in [0.15, 0.2) is 0 Å². The second-order valence-corrected chi connectivity index (χ2v) is 6.15. The number of hydrogen-bond acceptors (Lipinski definition) is 5.